The van der Waals surface area contributed by atoms with E-state index < -0.39 is 6.36 Å². The highest BCUT2D eigenvalue weighted by Crippen LogP contribution is 2.30. The second kappa shape index (κ2) is 6.71. The Labute approximate surface area is 143 Å². The van der Waals surface area contributed by atoms with E-state index in [9.17, 15) is 18.0 Å². The minimum atomic E-state index is -4.78. The molecule has 0 atom stereocenters. The Hall–Kier alpha value is -2.62. The van der Waals surface area contributed by atoms with Crippen LogP contribution in [0, 0.1) is 0 Å². The topological polar surface area (TPSA) is 68.5 Å². The van der Waals surface area contributed by atoms with Crippen molar-refractivity contribution in [1.29, 1.82) is 0 Å². The highest BCUT2D eigenvalue weighted by atomic mass is 32.1. The van der Waals surface area contributed by atoms with Crippen molar-refractivity contribution in [3.8, 4) is 5.75 Å². The number of nitrogens with one attached hydrogen (secondary N) is 1. The van der Waals surface area contributed by atoms with Crippen molar-refractivity contribution in [2.24, 2.45) is 0 Å². The number of alkyl halides is 3. The van der Waals surface area contributed by atoms with Crippen molar-refractivity contribution in [1.82, 2.24) is 14.6 Å². The molecule has 0 saturated heterocycles. The van der Waals surface area contributed by atoms with Gasteiger partial charge in [-0.3, -0.25) is 4.79 Å². The van der Waals surface area contributed by atoms with Crippen LogP contribution in [0.4, 0.5) is 18.9 Å². The number of halogens is 3. The molecule has 3 aromatic rings. The van der Waals surface area contributed by atoms with Gasteiger partial charge < -0.3 is 10.1 Å². The second-order valence-electron chi connectivity index (χ2n) is 5.03. The van der Waals surface area contributed by atoms with Gasteiger partial charge in [-0.2, -0.15) is 9.61 Å². The smallest absolute Gasteiger partial charge is 0.404 e. The number of aryl methyl sites for hydroxylation is 1. The van der Waals surface area contributed by atoms with Gasteiger partial charge in [-0.25, -0.2) is 4.98 Å². The Morgan fingerprint density at radius 2 is 2.08 bits per heavy atom. The van der Waals surface area contributed by atoms with Crippen molar-refractivity contribution < 1.29 is 17.9 Å². The molecule has 0 radical (unpaired) electrons. The van der Waals surface area contributed by atoms with Crippen molar-refractivity contribution in [2.45, 2.75) is 26.3 Å². The van der Waals surface area contributed by atoms with E-state index in [2.05, 4.69) is 20.1 Å². The lowest BCUT2D eigenvalue weighted by Gasteiger charge is -2.14. The number of nitrogens with zero attached hydrogens (tertiary/aromatic N) is 3. The summed E-state index contributed by atoms with van der Waals surface area (Å²) in [5, 5.41) is 7.73. The summed E-state index contributed by atoms with van der Waals surface area (Å²) >= 11 is 1.30. The lowest BCUT2D eigenvalue weighted by atomic mass is 10.3. The molecule has 0 amide bonds. The quantitative estimate of drug-likeness (QED) is 0.747. The molecular weight excluding hydrogens is 357 g/mol. The summed E-state index contributed by atoms with van der Waals surface area (Å²) in [4.78, 5) is 16.8. The average Bonchev–Trinajstić information content (AvgIpc) is 2.96. The largest absolute Gasteiger partial charge is 0.573 e. The molecule has 0 bridgehead atoms. The van der Waals surface area contributed by atoms with Gasteiger partial charge in [0.2, 0.25) is 4.96 Å². The first-order chi connectivity index (χ1) is 11.9. The van der Waals surface area contributed by atoms with Crippen LogP contribution in [0.5, 0.6) is 5.75 Å². The molecule has 10 heteroatoms. The van der Waals surface area contributed by atoms with Gasteiger partial charge in [-0.15, -0.1) is 13.2 Å². The van der Waals surface area contributed by atoms with Crippen LogP contribution in [0.15, 0.2) is 35.1 Å². The maximum Gasteiger partial charge on any atom is 0.573 e. The first-order valence-electron chi connectivity index (χ1n) is 7.33. The van der Waals surface area contributed by atoms with Crippen LogP contribution >= 0.6 is 11.3 Å². The van der Waals surface area contributed by atoms with E-state index in [4.69, 9.17) is 0 Å². The maximum atomic E-state index is 12.4. The van der Waals surface area contributed by atoms with E-state index in [1.165, 1.54) is 40.1 Å². The monoisotopic (exact) mass is 370 g/mol. The predicted octanol–water partition coefficient (Wildman–Crippen LogP) is 3.22. The van der Waals surface area contributed by atoms with Crippen LogP contribution in [-0.2, 0) is 13.0 Å². The molecule has 0 unspecified atom stereocenters. The van der Waals surface area contributed by atoms with Crippen molar-refractivity contribution in [3.63, 3.8) is 0 Å². The summed E-state index contributed by atoms with van der Waals surface area (Å²) < 4.78 is 42.5. The number of anilines is 1. The zero-order chi connectivity index (χ0) is 18.0. The molecule has 0 aliphatic rings. The first kappa shape index (κ1) is 17.2. The Bertz CT molecular complexity index is 952. The zero-order valence-electron chi connectivity index (χ0n) is 13.0. The number of hydrogen-bond donors (Lipinski definition) is 1. The number of aromatic nitrogens is 3. The third-order valence-electron chi connectivity index (χ3n) is 3.22. The number of benzene rings is 1. The van der Waals surface area contributed by atoms with E-state index in [1.54, 1.807) is 6.07 Å². The summed E-state index contributed by atoms with van der Waals surface area (Å²) in [6.45, 7) is 1.99. The minimum absolute atomic E-state index is 0.0727. The second-order valence-corrected chi connectivity index (χ2v) is 6.07. The molecule has 0 spiro atoms. The molecule has 0 aliphatic heterocycles. The summed E-state index contributed by atoms with van der Waals surface area (Å²) in [5.41, 5.74) is 0.219. The average molecular weight is 370 g/mol. The molecule has 1 aromatic carbocycles. The molecule has 3 rings (SSSR count). The van der Waals surface area contributed by atoms with Gasteiger partial charge in [0, 0.05) is 6.07 Å². The SMILES string of the molecule is CCc1nn2c(=O)cc(CNc3ccccc3OC(F)(F)F)nc2s1. The molecule has 0 saturated carbocycles. The van der Waals surface area contributed by atoms with E-state index >= 15 is 0 Å². The molecule has 25 heavy (non-hydrogen) atoms. The highest BCUT2D eigenvalue weighted by molar-refractivity contribution is 7.16. The fourth-order valence-corrected chi connectivity index (χ4v) is 3.00. The molecular formula is C15H13F3N4O2S. The van der Waals surface area contributed by atoms with Gasteiger partial charge in [0.1, 0.15) is 5.01 Å². The molecule has 2 aromatic heterocycles. The lowest BCUT2D eigenvalue weighted by molar-refractivity contribution is -0.274. The third kappa shape index (κ3) is 4.08. The van der Waals surface area contributed by atoms with Crippen molar-refractivity contribution >= 4 is 22.0 Å². The van der Waals surface area contributed by atoms with Gasteiger partial charge >= 0.3 is 6.36 Å². The zero-order valence-corrected chi connectivity index (χ0v) is 13.8. The molecule has 6 nitrogen and oxygen atoms in total. The number of fused-ring (bicyclic) bond motifs is 1. The van der Waals surface area contributed by atoms with Gasteiger partial charge in [0.05, 0.1) is 17.9 Å². The van der Waals surface area contributed by atoms with Gasteiger partial charge in [-0.05, 0) is 18.6 Å². The molecule has 1 N–H and O–H groups in total. The summed E-state index contributed by atoms with van der Waals surface area (Å²) in [7, 11) is 0. The van der Waals surface area contributed by atoms with Crippen molar-refractivity contribution in [2.75, 3.05) is 5.32 Å². The van der Waals surface area contributed by atoms with Crippen molar-refractivity contribution in [3.05, 3.63) is 51.4 Å². The minimum Gasteiger partial charge on any atom is -0.404 e. The summed E-state index contributed by atoms with van der Waals surface area (Å²) in [6.07, 6.45) is -4.10. The van der Waals surface area contributed by atoms with E-state index in [0.717, 1.165) is 5.01 Å². The summed E-state index contributed by atoms with van der Waals surface area (Å²) in [6, 6.07) is 6.97. The number of rotatable bonds is 5. The molecule has 2 heterocycles. The Morgan fingerprint density at radius 1 is 1.32 bits per heavy atom. The van der Waals surface area contributed by atoms with Crippen LogP contribution in [-0.4, -0.2) is 21.0 Å². The standard InChI is InChI=1S/C15H13F3N4O2S/c1-2-12-21-22-13(23)7-9(20-14(22)25-12)8-19-10-5-3-4-6-11(10)24-15(16,17)18/h3-7,19H,2,8H2,1H3. The third-order valence-corrected chi connectivity index (χ3v) is 4.27. The number of para-hydroxylation sites is 2. The van der Waals surface area contributed by atoms with Crippen LogP contribution < -0.4 is 15.6 Å². The number of ether oxygens (including phenoxy) is 1. The van der Waals surface area contributed by atoms with Crippen LogP contribution in [0.25, 0.3) is 4.96 Å². The highest BCUT2D eigenvalue weighted by Gasteiger charge is 2.32. The molecule has 0 fully saturated rings. The van der Waals surface area contributed by atoms with E-state index in [0.29, 0.717) is 17.1 Å². The maximum absolute atomic E-state index is 12.4. The normalized spacial score (nSPS) is 11.7. The number of hydrogen-bond acceptors (Lipinski definition) is 6. The fraction of sp³-hybridized carbons (Fsp3) is 0.267. The van der Waals surface area contributed by atoms with Crippen LogP contribution in [0.2, 0.25) is 0 Å². The molecule has 0 aliphatic carbocycles. The Balaban J connectivity index is 1.82. The fourth-order valence-electron chi connectivity index (χ4n) is 2.14. The van der Waals surface area contributed by atoms with Gasteiger partial charge in [-0.1, -0.05) is 30.4 Å². The van der Waals surface area contributed by atoms with Crippen LogP contribution in [0.3, 0.4) is 0 Å². The summed E-state index contributed by atoms with van der Waals surface area (Å²) in [5.74, 6) is -0.348. The van der Waals surface area contributed by atoms with Gasteiger partial charge in [0.25, 0.3) is 5.56 Å². The lowest BCUT2D eigenvalue weighted by Crippen LogP contribution is -2.19. The van der Waals surface area contributed by atoms with E-state index in [-0.39, 0.29) is 23.5 Å². The van der Waals surface area contributed by atoms with Gasteiger partial charge in [0.15, 0.2) is 5.75 Å². The predicted molar refractivity (Wildman–Crippen MR) is 87.0 cm³/mol. The van der Waals surface area contributed by atoms with Crippen LogP contribution in [0.1, 0.15) is 17.6 Å². The molecule has 132 valence electrons. The first-order valence-corrected chi connectivity index (χ1v) is 8.14. The Kier molecular flexibility index (Phi) is 4.62. The Morgan fingerprint density at radius 3 is 2.80 bits per heavy atom. The van der Waals surface area contributed by atoms with E-state index in [1.807, 2.05) is 6.92 Å².